The Labute approximate surface area is 145 Å². The van der Waals surface area contributed by atoms with Crippen LogP contribution in [-0.4, -0.2) is 0 Å². The van der Waals surface area contributed by atoms with Crippen molar-refractivity contribution in [1.82, 2.24) is 0 Å². The fourth-order valence-corrected chi connectivity index (χ4v) is 1.95. The van der Waals surface area contributed by atoms with Crippen molar-refractivity contribution in [2.24, 2.45) is 0 Å². The molecule has 0 spiro atoms. The molecule has 2 aromatic rings. The molecule has 2 aromatic carbocycles. The Morgan fingerprint density at radius 3 is 2.57 bits per heavy atom. The fraction of sp³-hybridized carbons (Fsp3) is 0.150. The molecule has 0 radical (unpaired) electrons. The number of benzene rings is 1. The number of rotatable bonds is 3. The Morgan fingerprint density at radius 2 is 1.95 bits per heavy atom. The zero-order valence-corrected chi connectivity index (χ0v) is 14.7. The molecule has 21 heavy (non-hydrogen) atoms. The summed E-state index contributed by atoms with van der Waals surface area (Å²) >= 11 is 0. The summed E-state index contributed by atoms with van der Waals surface area (Å²) < 4.78 is 0. The van der Waals surface area contributed by atoms with E-state index in [1.54, 1.807) is 0 Å². The summed E-state index contributed by atoms with van der Waals surface area (Å²) in [6.45, 7) is 3.66. The average molecular weight is 312 g/mol. The molecule has 108 valence electrons. The van der Waals surface area contributed by atoms with E-state index in [4.69, 9.17) is 0 Å². The van der Waals surface area contributed by atoms with Crippen LogP contribution in [0.2, 0.25) is 0 Å². The smallest absolute Gasteiger partial charge is 0.358 e. The van der Waals surface area contributed by atoms with E-state index in [1.807, 2.05) is 6.08 Å². The van der Waals surface area contributed by atoms with Crippen LogP contribution in [0, 0.1) is 20.9 Å². The first-order valence-corrected chi connectivity index (χ1v) is 6.38. The van der Waals surface area contributed by atoms with Gasteiger partial charge < -0.3 is 14.9 Å². The van der Waals surface area contributed by atoms with Gasteiger partial charge in [0, 0.05) is 0 Å². The minimum absolute atomic E-state index is 0. The zero-order valence-electron chi connectivity index (χ0n) is 13.1. The molecule has 1 aliphatic rings. The first kappa shape index (κ1) is 22.1. The summed E-state index contributed by atoms with van der Waals surface area (Å²) in [4.78, 5) is 0. The SMILES string of the molecule is C=CCCC1=[C-]CC=C1.[CH3-].[CH3-].[Ti+4].c1ccc2[cH-]ccc2c1. The molecule has 0 aliphatic heterocycles. The molecule has 0 heterocycles. The van der Waals surface area contributed by atoms with Crippen molar-refractivity contribution in [2.45, 2.75) is 19.3 Å². The third kappa shape index (κ3) is 7.36. The van der Waals surface area contributed by atoms with Crippen molar-refractivity contribution in [3.8, 4) is 0 Å². The monoisotopic (exact) mass is 312 g/mol. The normalized spacial score (nSPS) is 11.1. The number of fused-ring (bicyclic) bond motifs is 1. The quantitative estimate of drug-likeness (QED) is 0.365. The van der Waals surface area contributed by atoms with Crippen LogP contribution in [0.25, 0.3) is 10.8 Å². The maximum Gasteiger partial charge on any atom is 4.00 e. The second-order valence-corrected chi connectivity index (χ2v) is 4.29. The maximum absolute atomic E-state index is 3.66. The van der Waals surface area contributed by atoms with Crippen LogP contribution >= 0.6 is 0 Å². The number of allylic oxidation sites excluding steroid dienone is 5. The third-order valence-corrected chi connectivity index (χ3v) is 2.93. The van der Waals surface area contributed by atoms with Crippen LogP contribution in [-0.2, 0) is 21.7 Å². The Bertz CT molecular complexity index is 528. The summed E-state index contributed by atoms with van der Waals surface area (Å²) in [5.41, 5.74) is 1.34. The summed E-state index contributed by atoms with van der Waals surface area (Å²) in [7, 11) is 0. The van der Waals surface area contributed by atoms with Crippen LogP contribution in [0.4, 0.5) is 0 Å². The first-order chi connectivity index (χ1) is 8.90. The van der Waals surface area contributed by atoms with Gasteiger partial charge in [0.05, 0.1) is 0 Å². The van der Waals surface area contributed by atoms with E-state index in [1.165, 1.54) is 16.3 Å². The summed E-state index contributed by atoms with van der Waals surface area (Å²) in [5.74, 6) is 0. The second-order valence-electron chi connectivity index (χ2n) is 4.29. The van der Waals surface area contributed by atoms with Gasteiger partial charge in [-0.1, -0.05) is 18.6 Å². The minimum Gasteiger partial charge on any atom is -0.358 e. The van der Waals surface area contributed by atoms with Crippen molar-refractivity contribution in [3.05, 3.63) is 93.8 Å². The molecule has 0 aromatic heterocycles. The topological polar surface area (TPSA) is 0 Å². The predicted octanol–water partition coefficient (Wildman–Crippen LogP) is 6.10. The predicted molar refractivity (Wildman–Crippen MR) is 92.3 cm³/mol. The van der Waals surface area contributed by atoms with Gasteiger partial charge in [0.1, 0.15) is 0 Å². The largest absolute Gasteiger partial charge is 4.00 e. The molecule has 0 atom stereocenters. The molecular formula is C20H24Ti. The summed E-state index contributed by atoms with van der Waals surface area (Å²) in [5, 5.41) is 2.66. The van der Waals surface area contributed by atoms with Crippen molar-refractivity contribution < 1.29 is 21.7 Å². The zero-order chi connectivity index (χ0) is 12.6. The van der Waals surface area contributed by atoms with Crippen LogP contribution < -0.4 is 0 Å². The molecule has 0 amide bonds. The first-order valence-electron chi connectivity index (χ1n) is 6.38. The van der Waals surface area contributed by atoms with Crippen LogP contribution in [0.15, 0.2) is 72.8 Å². The van der Waals surface area contributed by atoms with E-state index in [0.29, 0.717) is 0 Å². The summed E-state index contributed by atoms with van der Waals surface area (Å²) in [6, 6.07) is 14.7. The van der Waals surface area contributed by atoms with Gasteiger partial charge in [0.2, 0.25) is 0 Å². The van der Waals surface area contributed by atoms with E-state index >= 15 is 0 Å². The second kappa shape index (κ2) is 12.5. The molecule has 0 saturated heterocycles. The van der Waals surface area contributed by atoms with Gasteiger partial charge in [-0.05, 0) is 6.42 Å². The molecule has 0 saturated carbocycles. The van der Waals surface area contributed by atoms with E-state index in [2.05, 4.69) is 67.3 Å². The molecule has 0 bridgehead atoms. The van der Waals surface area contributed by atoms with E-state index < -0.39 is 0 Å². The van der Waals surface area contributed by atoms with Crippen LogP contribution in [0.5, 0.6) is 0 Å². The Morgan fingerprint density at radius 1 is 1.19 bits per heavy atom. The van der Waals surface area contributed by atoms with Crippen molar-refractivity contribution in [1.29, 1.82) is 0 Å². The van der Waals surface area contributed by atoms with Gasteiger partial charge in [-0.3, -0.25) is 6.08 Å². The van der Waals surface area contributed by atoms with Gasteiger partial charge >= 0.3 is 21.7 Å². The molecule has 0 nitrogen and oxygen atoms in total. The Hall–Kier alpha value is -1.24. The molecule has 0 unspecified atom stereocenters. The maximum atomic E-state index is 3.66. The van der Waals surface area contributed by atoms with Crippen LogP contribution in [0.3, 0.4) is 0 Å². The van der Waals surface area contributed by atoms with Gasteiger partial charge in [-0.25, -0.2) is 11.6 Å². The van der Waals surface area contributed by atoms with E-state index in [9.17, 15) is 0 Å². The summed E-state index contributed by atoms with van der Waals surface area (Å²) in [6.07, 6.45) is 12.7. The molecule has 3 rings (SSSR count). The Balaban J connectivity index is 0. The molecule has 0 N–H and O–H groups in total. The van der Waals surface area contributed by atoms with Gasteiger partial charge in [0.25, 0.3) is 0 Å². The van der Waals surface area contributed by atoms with E-state index in [-0.39, 0.29) is 36.6 Å². The number of hydrogen-bond acceptors (Lipinski definition) is 0. The molecule has 0 fully saturated rings. The third-order valence-electron chi connectivity index (χ3n) is 2.93. The average Bonchev–Trinajstić information content (AvgIpc) is 3.08. The van der Waals surface area contributed by atoms with Gasteiger partial charge in [-0.15, -0.1) is 42.7 Å². The van der Waals surface area contributed by atoms with E-state index in [0.717, 1.165) is 19.3 Å². The van der Waals surface area contributed by atoms with Crippen molar-refractivity contribution in [3.63, 3.8) is 0 Å². The fourth-order valence-electron chi connectivity index (χ4n) is 1.95. The van der Waals surface area contributed by atoms with Crippen molar-refractivity contribution in [2.75, 3.05) is 0 Å². The molecular weight excluding hydrogens is 288 g/mol. The molecule has 1 heteroatoms. The number of hydrogen-bond donors (Lipinski definition) is 0. The van der Waals surface area contributed by atoms with Gasteiger partial charge in [-0.2, -0.15) is 23.6 Å². The Kier molecular flexibility index (Phi) is 13.1. The van der Waals surface area contributed by atoms with Crippen LogP contribution in [0.1, 0.15) is 19.3 Å². The van der Waals surface area contributed by atoms with Crippen molar-refractivity contribution >= 4 is 10.8 Å². The molecule has 1 aliphatic carbocycles. The van der Waals surface area contributed by atoms with Gasteiger partial charge in [0.15, 0.2) is 0 Å². The minimum atomic E-state index is 0. The standard InChI is InChI=1S/C9H7.C9H11.2CH3.Ti/c1-2-5-9-7-3-6-8(9)4-1;1-2-3-6-9-7-4-5-8-9;;;/h1-7H;2,4,7H,1,3,5-6H2;2*1H3;/q4*-1;+4.